The second-order valence-corrected chi connectivity index (χ2v) is 6.68. The summed E-state index contributed by atoms with van der Waals surface area (Å²) in [6.45, 7) is 4.09. The van der Waals surface area contributed by atoms with Crippen molar-refractivity contribution in [1.29, 1.82) is 0 Å². The molecule has 0 spiro atoms. The standard InChI is InChI=1S/C18H22FN7/c1-2-12-13(8-26-10-24-16-17(21)22-9-23-18(16)26)15(4-3-14(12)19)25-6-5-11(20)7-25/h3-4,9-11H,2,5-8,20H2,1H3,(H2,21,22,23). The topological polar surface area (TPSA) is 98.9 Å². The monoisotopic (exact) mass is 355 g/mol. The molecule has 8 heteroatoms. The Morgan fingerprint density at radius 2 is 2.08 bits per heavy atom. The zero-order valence-corrected chi connectivity index (χ0v) is 14.7. The Hall–Kier alpha value is -2.74. The molecule has 1 unspecified atom stereocenters. The van der Waals surface area contributed by atoms with Crippen molar-refractivity contribution in [2.45, 2.75) is 32.4 Å². The normalized spacial score (nSPS) is 17.3. The number of fused-ring (bicyclic) bond motifs is 1. The van der Waals surface area contributed by atoms with Crippen molar-refractivity contribution >= 4 is 22.7 Å². The van der Waals surface area contributed by atoms with Crippen LogP contribution in [0.1, 0.15) is 24.5 Å². The van der Waals surface area contributed by atoms with Gasteiger partial charge >= 0.3 is 0 Å². The number of hydrogen-bond acceptors (Lipinski definition) is 6. The van der Waals surface area contributed by atoms with E-state index in [0.717, 1.165) is 30.8 Å². The highest BCUT2D eigenvalue weighted by Gasteiger charge is 2.24. The number of nitrogens with two attached hydrogens (primary N) is 2. The minimum atomic E-state index is -0.187. The van der Waals surface area contributed by atoms with Crippen molar-refractivity contribution < 1.29 is 4.39 Å². The van der Waals surface area contributed by atoms with Crippen LogP contribution in [0.2, 0.25) is 0 Å². The summed E-state index contributed by atoms with van der Waals surface area (Å²) in [6, 6.07) is 3.55. The van der Waals surface area contributed by atoms with Gasteiger partial charge in [0.05, 0.1) is 12.9 Å². The Morgan fingerprint density at radius 1 is 1.23 bits per heavy atom. The number of aromatic nitrogens is 4. The molecule has 0 amide bonds. The van der Waals surface area contributed by atoms with Gasteiger partial charge < -0.3 is 20.9 Å². The van der Waals surface area contributed by atoms with Crippen LogP contribution in [0.15, 0.2) is 24.8 Å². The lowest BCUT2D eigenvalue weighted by atomic mass is 10.0. The van der Waals surface area contributed by atoms with Crippen molar-refractivity contribution in [1.82, 2.24) is 19.5 Å². The van der Waals surface area contributed by atoms with Crippen molar-refractivity contribution in [2.24, 2.45) is 5.73 Å². The number of hydrogen-bond donors (Lipinski definition) is 2. The summed E-state index contributed by atoms with van der Waals surface area (Å²) in [6.07, 6.45) is 4.65. The number of halogens is 1. The zero-order valence-electron chi connectivity index (χ0n) is 14.7. The van der Waals surface area contributed by atoms with E-state index < -0.39 is 0 Å². The second-order valence-electron chi connectivity index (χ2n) is 6.68. The van der Waals surface area contributed by atoms with E-state index in [9.17, 15) is 4.39 Å². The molecule has 1 aromatic carbocycles. The molecule has 0 saturated carbocycles. The molecule has 3 aromatic rings. The molecule has 3 heterocycles. The minimum Gasteiger partial charge on any atom is -0.382 e. The molecule has 0 bridgehead atoms. The van der Waals surface area contributed by atoms with E-state index in [2.05, 4.69) is 19.9 Å². The van der Waals surface area contributed by atoms with Gasteiger partial charge in [-0.2, -0.15) is 0 Å². The lowest BCUT2D eigenvalue weighted by molar-refractivity contribution is 0.605. The van der Waals surface area contributed by atoms with Crippen LogP contribution in [0.4, 0.5) is 15.9 Å². The van der Waals surface area contributed by atoms with Gasteiger partial charge in [0.25, 0.3) is 0 Å². The third-order valence-corrected chi connectivity index (χ3v) is 5.03. The molecule has 1 fully saturated rings. The maximum absolute atomic E-state index is 14.5. The van der Waals surface area contributed by atoms with Crippen LogP contribution in [0.3, 0.4) is 0 Å². The second kappa shape index (κ2) is 6.53. The summed E-state index contributed by atoms with van der Waals surface area (Å²) in [4.78, 5) is 14.8. The summed E-state index contributed by atoms with van der Waals surface area (Å²) in [5, 5.41) is 0. The van der Waals surface area contributed by atoms with Crippen LogP contribution in [-0.2, 0) is 13.0 Å². The number of anilines is 2. The summed E-state index contributed by atoms with van der Waals surface area (Å²) >= 11 is 0. The first-order valence-corrected chi connectivity index (χ1v) is 8.80. The molecule has 136 valence electrons. The Labute approximate surface area is 150 Å². The van der Waals surface area contributed by atoms with Gasteiger partial charge in [0.15, 0.2) is 11.5 Å². The van der Waals surface area contributed by atoms with Gasteiger partial charge in [0, 0.05) is 30.4 Å². The summed E-state index contributed by atoms with van der Waals surface area (Å²) in [5.41, 5.74) is 15.9. The molecule has 0 aliphatic carbocycles. The maximum atomic E-state index is 14.5. The Balaban J connectivity index is 1.81. The molecular weight excluding hydrogens is 333 g/mol. The first-order chi connectivity index (χ1) is 12.6. The fourth-order valence-corrected chi connectivity index (χ4v) is 3.70. The summed E-state index contributed by atoms with van der Waals surface area (Å²) < 4.78 is 16.4. The number of nitrogen functional groups attached to an aromatic ring is 1. The molecule has 0 radical (unpaired) electrons. The average Bonchev–Trinajstić information content (AvgIpc) is 3.23. The number of rotatable bonds is 4. The number of nitrogens with zero attached hydrogens (tertiary/aromatic N) is 5. The van der Waals surface area contributed by atoms with E-state index in [1.165, 1.54) is 6.33 Å². The highest BCUT2D eigenvalue weighted by atomic mass is 19.1. The molecule has 2 aromatic heterocycles. The molecule has 1 atom stereocenters. The van der Waals surface area contributed by atoms with Crippen LogP contribution >= 0.6 is 0 Å². The smallest absolute Gasteiger partial charge is 0.165 e. The van der Waals surface area contributed by atoms with Crippen molar-refractivity contribution in [3.8, 4) is 0 Å². The van der Waals surface area contributed by atoms with E-state index in [-0.39, 0.29) is 11.9 Å². The minimum absolute atomic E-state index is 0.152. The molecule has 4 rings (SSSR count). The van der Waals surface area contributed by atoms with Gasteiger partial charge in [-0.1, -0.05) is 6.92 Å². The van der Waals surface area contributed by atoms with E-state index in [1.54, 1.807) is 12.4 Å². The number of benzene rings is 1. The first-order valence-electron chi connectivity index (χ1n) is 8.80. The van der Waals surface area contributed by atoms with E-state index in [1.807, 2.05) is 17.6 Å². The van der Waals surface area contributed by atoms with Gasteiger partial charge in [0.2, 0.25) is 0 Å². The van der Waals surface area contributed by atoms with Gasteiger partial charge in [-0.3, -0.25) is 0 Å². The van der Waals surface area contributed by atoms with Crippen molar-refractivity contribution in [3.05, 3.63) is 41.7 Å². The van der Waals surface area contributed by atoms with Gasteiger partial charge in [0.1, 0.15) is 17.7 Å². The molecule has 1 saturated heterocycles. The van der Waals surface area contributed by atoms with Crippen LogP contribution in [0.5, 0.6) is 0 Å². The summed E-state index contributed by atoms with van der Waals surface area (Å²) in [7, 11) is 0. The van der Waals surface area contributed by atoms with E-state index >= 15 is 0 Å². The fourth-order valence-electron chi connectivity index (χ4n) is 3.70. The molecule has 1 aliphatic rings. The van der Waals surface area contributed by atoms with Crippen molar-refractivity contribution in [2.75, 3.05) is 23.7 Å². The third kappa shape index (κ3) is 2.76. The highest BCUT2D eigenvalue weighted by molar-refractivity contribution is 5.81. The van der Waals surface area contributed by atoms with Crippen molar-refractivity contribution in [3.63, 3.8) is 0 Å². The molecule has 7 nitrogen and oxygen atoms in total. The lowest BCUT2D eigenvalue weighted by Gasteiger charge is -2.24. The Morgan fingerprint density at radius 3 is 2.81 bits per heavy atom. The largest absolute Gasteiger partial charge is 0.382 e. The average molecular weight is 355 g/mol. The van der Waals surface area contributed by atoms with Crippen LogP contribution in [0, 0.1) is 5.82 Å². The predicted molar refractivity (Wildman–Crippen MR) is 99.4 cm³/mol. The van der Waals surface area contributed by atoms with E-state index in [4.69, 9.17) is 11.5 Å². The fraction of sp³-hybridized carbons (Fsp3) is 0.389. The van der Waals surface area contributed by atoms with Gasteiger partial charge in [-0.15, -0.1) is 0 Å². The molecule has 26 heavy (non-hydrogen) atoms. The van der Waals surface area contributed by atoms with E-state index in [0.29, 0.717) is 35.5 Å². The van der Waals surface area contributed by atoms with Crippen LogP contribution in [-0.4, -0.2) is 38.7 Å². The molecule has 1 aliphatic heterocycles. The predicted octanol–water partition coefficient (Wildman–Crippen LogP) is 1.70. The number of imidazole rings is 1. The third-order valence-electron chi connectivity index (χ3n) is 5.03. The quantitative estimate of drug-likeness (QED) is 0.739. The Bertz CT molecular complexity index is 952. The van der Waals surface area contributed by atoms with Gasteiger partial charge in [-0.05, 0) is 30.5 Å². The first kappa shape index (κ1) is 16.7. The van der Waals surface area contributed by atoms with Crippen LogP contribution < -0.4 is 16.4 Å². The SMILES string of the molecule is CCc1c(F)ccc(N2CCC(N)C2)c1Cn1cnc2c(N)ncnc21. The highest BCUT2D eigenvalue weighted by Crippen LogP contribution is 2.31. The summed E-state index contributed by atoms with van der Waals surface area (Å²) in [5.74, 6) is 0.155. The Kier molecular flexibility index (Phi) is 4.20. The van der Waals surface area contributed by atoms with Crippen LogP contribution in [0.25, 0.3) is 11.2 Å². The lowest BCUT2D eigenvalue weighted by Crippen LogP contribution is -2.27. The van der Waals surface area contributed by atoms with Gasteiger partial charge in [-0.25, -0.2) is 19.3 Å². The zero-order chi connectivity index (χ0) is 18.3. The molecule has 4 N–H and O–H groups in total. The maximum Gasteiger partial charge on any atom is 0.165 e. The molecular formula is C18H22FN7.